The molecule has 0 amide bonds. The number of Topliss-reactive ketones (excluding diaryl/α,β-unsaturated/α-hetero) is 2. The molecular weight excluding hydrogens is 380 g/mol. The molecule has 1 aromatic carbocycles. The van der Waals surface area contributed by atoms with E-state index in [1.165, 1.54) is 11.1 Å². The van der Waals surface area contributed by atoms with Gasteiger partial charge in [-0.05, 0) is 36.8 Å². The molecule has 2 saturated heterocycles. The topological polar surface area (TPSA) is 59.1 Å². The Kier molecular flexibility index (Phi) is 6.01. The van der Waals surface area contributed by atoms with Crippen LogP contribution in [0, 0.1) is 11.8 Å². The van der Waals surface area contributed by atoms with E-state index in [2.05, 4.69) is 34.1 Å². The first-order valence-electron chi connectivity index (χ1n) is 11.5. The first kappa shape index (κ1) is 20.3. The fourth-order valence-corrected chi connectivity index (χ4v) is 4.65. The summed E-state index contributed by atoms with van der Waals surface area (Å²) in [5, 5.41) is 0. The van der Waals surface area contributed by atoms with Crippen LogP contribution in [0.3, 0.4) is 0 Å². The molecule has 0 radical (unpaired) electrons. The largest absolute Gasteiger partial charge is 0.368 e. The minimum Gasteiger partial charge on any atom is -0.368 e. The smallest absolute Gasteiger partial charge is 0.165 e. The summed E-state index contributed by atoms with van der Waals surface area (Å²) in [7, 11) is 0. The van der Waals surface area contributed by atoms with Crippen LogP contribution in [0.2, 0.25) is 0 Å². The predicted octanol–water partition coefficient (Wildman–Crippen LogP) is 2.05. The minimum absolute atomic E-state index is 0.245. The lowest BCUT2D eigenvalue weighted by Crippen LogP contribution is -2.47. The van der Waals surface area contributed by atoms with E-state index in [-0.39, 0.29) is 24.0 Å². The second-order valence-electron chi connectivity index (χ2n) is 9.31. The van der Waals surface area contributed by atoms with E-state index < -0.39 is 0 Å². The minimum atomic E-state index is -0.258. The molecule has 2 saturated carbocycles. The van der Waals surface area contributed by atoms with Crippen molar-refractivity contribution in [1.82, 2.24) is 9.80 Å². The molecule has 2 heterocycles. The van der Waals surface area contributed by atoms with E-state index in [0.717, 1.165) is 51.9 Å². The molecule has 6 heteroatoms. The number of rotatable bonds is 8. The van der Waals surface area contributed by atoms with Gasteiger partial charge in [-0.15, -0.1) is 0 Å². The predicted molar refractivity (Wildman–Crippen MR) is 112 cm³/mol. The molecule has 0 spiro atoms. The highest BCUT2D eigenvalue weighted by Gasteiger charge is 2.38. The third-order valence-electron chi connectivity index (χ3n) is 6.80. The van der Waals surface area contributed by atoms with E-state index in [1.54, 1.807) is 0 Å². The molecule has 4 aliphatic rings. The second-order valence-corrected chi connectivity index (χ2v) is 9.31. The molecule has 0 bridgehead atoms. The molecule has 0 aromatic heterocycles. The number of morpholine rings is 2. The molecule has 1 aromatic rings. The van der Waals surface area contributed by atoms with Crippen molar-refractivity contribution in [2.24, 2.45) is 11.8 Å². The zero-order valence-corrected chi connectivity index (χ0v) is 17.6. The van der Waals surface area contributed by atoms with Crippen LogP contribution in [0.25, 0.3) is 0 Å². The molecule has 2 aliphatic heterocycles. The fourth-order valence-electron chi connectivity index (χ4n) is 4.65. The van der Waals surface area contributed by atoms with Crippen LogP contribution >= 0.6 is 0 Å². The third kappa shape index (κ3) is 4.83. The Labute approximate surface area is 178 Å². The standard InChI is InChI=1S/C24H32N2O4/c27-23(17-5-6-17)21-15-25(9-11-29-21)13-19-3-1-2-4-20(19)14-26-10-12-30-22(16-26)24(28)18-7-8-18/h1-4,17-18,21-22H,5-16H2. The Hall–Kier alpha value is -1.60. The number of benzene rings is 1. The molecule has 2 atom stereocenters. The normalized spacial score (nSPS) is 28.4. The molecule has 0 N–H and O–H groups in total. The van der Waals surface area contributed by atoms with Gasteiger partial charge >= 0.3 is 0 Å². The van der Waals surface area contributed by atoms with Crippen molar-refractivity contribution < 1.29 is 19.1 Å². The Morgan fingerprint density at radius 1 is 0.767 bits per heavy atom. The first-order valence-corrected chi connectivity index (χ1v) is 11.5. The quantitative estimate of drug-likeness (QED) is 0.651. The van der Waals surface area contributed by atoms with Crippen molar-refractivity contribution in [3.63, 3.8) is 0 Å². The van der Waals surface area contributed by atoms with Crippen LogP contribution in [0.5, 0.6) is 0 Å². The van der Waals surface area contributed by atoms with Gasteiger partial charge in [0.25, 0.3) is 0 Å². The van der Waals surface area contributed by atoms with Gasteiger partial charge in [0.1, 0.15) is 12.2 Å². The van der Waals surface area contributed by atoms with Crippen molar-refractivity contribution in [1.29, 1.82) is 0 Å². The maximum atomic E-state index is 12.4. The third-order valence-corrected chi connectivity index (χ3v) is 6.80. The van der Waals surface area contributed by atoms with Crippen LogP contribution in [0.1, 0.15) is 36.8 Å². The van der Waals surface area contributed by atoms with Crippen molar-refractivity contribution in [2.75, 3.05) is 39.4 Å². The number of ether oxygens (including phenoxy) is 2. The molecule has 162 valence electrons. The lowest BCUT2D eigenvalue weighted by Gasteiger charge is -2.34. The van der Waals surface area contributed by atoms with Gasteiger partial charge in [-0.1, -0.05) is 24.3 Å². The first-order chi connectivity index (χ1) is 14.7. The van der Waals surface area contributed by atoms with Gasteiger partial charge < -0.3 is 9.47 Å². The van der Waals surface area contributed by atoms with Crippen molar-refractivity contribution in [2.45, 2.75) is 51.0 Å². The van der Waals surface area contributed by atoms with Gasteiger partial charge in [-0.3, -0.25) is 19.4 Å². The zero-order valence-electron chi connectivity index (χ0n) is 17.6. The number of nitrogens with zero attached hydrogens (tertiary/aromatic N) is 2. The van der Waals surface area contributed by atoms with Gasteiger partial charge in [0.05, 0.1) is 13.2 Å². The van der Waals surface area contributed by atoms with Gasteiger partial charge in [0.2, 0.25) is 0 Å². The summed E-state index contributed by atoms with van der Waals surface area (Å²) in [6, 6.07) is 8.56. The van der Waals surface area contributed by atoms with Crippen LogP contribution in [-0.2, 0) is 32.2 Å². The SMILES string of the molecule is O=C(C1CC1)C1CN(Cc2ccccc2CN2CCOC(C(=O)C3CC3)C2)CCO1. The van der Waals surface area contributed by atoms with E-state index in [9.17, 15) is 9.59 Å². The molecule has 2 aliphatic carbocycles. The summed E-state index contributed by atoms with van der Waals surface area (Å²) in [5.41, 5.74) is 2.60. The van der Waals surface area contributed by atoms with Crippen molar-refractivity contribution in [3.05, 3.63) is 35.4 Å². The van der Waals surface area contributed by atoms with Crippen LogP contribution in [-0.4, -0.2) is 73.0 Å². The lowest BCUT2D eigenvalue weighted by molar-refractivity contribution is -0.138. The van der Waals surface area contributed by atoms with Gasteiger partial charge in [-0.25, -0.2) is 0 Å². The van der Waals surface area contributed by atoms with E-state index in [0.29, 0.717) is 37.9 Å². The molecule has 5 rings (SSSR count). The number of carbonyl (C=O) groups is 2. The van der Waals surface area contributed by atoms with E-state index in [1.807, 2.05) is 0 Å². The summed E-state index contributed by atoms with van der Waals surface area (Å²) in [6.45, 7) is 6.03. The summed E-state index contributed by atoms with van der Waals surface area (Å²) in [5.74, 6) is 1.09. The van der Waals surface area contributed by atoms with Crippen molar-refractivity contribution >= 4 is 11.6 Å². The maximum Gasteiger partial charge on any atom is 0.165 e. The molecule has 6 nitrogen and oxygen atoms in total. The number of hydrogen-bond acceptors (Lipinski definition) is 6. The van der Waals surface area contributed by atoms with Gasteiger partial charge in [-0.2, -0.15) is 0 Å². The van der Waals surface area contributed by atoms with Gasteiger partial charge in [0.15, 0.2) is 11.6 Å². The van der Waals surface area contributed by atoms with Crippen LogP contribution in [0.15, 0.2) is 24.3 Å². The summed E-state index contributed by atoms with van der Waals surface area (Å²) in [6.07, 6.45) is 3.62. The Morgan fingerprint density at radius 3 is 1.60 bits per heavy atom. The van der Waals surface area contributed by atoms with Crippen LogP contribution in [0.4, 0.5) is 0 Å². The fraction of sp³-hybridized carbons (Fsp3) is 0.667. The zero-order chi connectivity index (χ0) is 20.5. The Bertz CT molecular complexity index is 724. The number of carbonyl (C=O) groups excluding carboxylic acids is 2. The van der Waals surface area contributed by atoms with Crippen LogP contribution < -0.4 is 0 Å². The highest BCUT2D eigenvalue weighted by atomic mass is 16.5. The Balaban J connectivity index is 1.20. The number of ketones is 2. The van der Waals surface area contributed by atoms with Crippen molar-refractivity contribution in [3.8, 4) is 0 Å². The summed E-state index contributed by atoms with van der Waals surface area (Å²) in [4.78, 5) is 29.6. The summed E-state index contributed by atoms with van der Waals surface area (Å²) < 4.78 is 11.5. The number of hydrogen-bond donors (Lipinski definition) is 0. The van der Waals surface area contributed by atoms with E-state index >= 15 is 0 Å². The lowest BCUT2D eigenvalue weighted by atomic mass is 10.0. The van der Waals surface area contributed by atoms with Gasteiger partial charge in [0, 0.05) is 51.1 Å². The highest BCUT2D eigenvalue weighted by molar-refractivity contribution is 5.88. The second kappa shape index (κ2) is 8.87. The van der Waals surface area contributed by atoms with E-state index in [4.69, 9.17) is 9.47 Å². The average molecular weight is 413 g/mol. The molecule has 4 fully saturated rings. The molecule has 30 heavy (non-hydrogen) atoms. The summed E-state index contributed by atoms with van der Waals surface area (Å²) >= 11 is 0. The molecule has 2 unspecified atom stereocenters. The highest BCUT2D eigenvalue weighted by Crippen LogP contribution is 2.33. The monoisotopic (exact) mass is 412 g/mol. The average Bonchev–Trinajstić information content (AvgIpc) is 3.67. The Morgan fingerprint density at radius 2 is 1.20 bits per heavy atom. The molecular formula is C24H32N2O4. The maximum absolute atomic E-state index is 12.4.